The quantitative estimate of drug-likeness (QED) is 0.762. The highest BCUT2D eigenvalue weighted by atomic mass is 16.5. The summed E-state index contributed by atoms with van der Waals surface area (Å²) in [7, 11) is 0. The average Bonchev–Trinajstić information content (AvgIpc) is 2.29. The molecule has 0 spiro atoms. The smallest absolute Gasteiger partial charge is 0.232 e. The van der Waals surface area contributed by atoms with Gasteiger partial charge in [-0.15, -0.1) is 0 Å². The lowest BCUT2D eigenvalue weighted by molar-refractivity contribution is -0.135. The maximum atomic E-state index is 12.2. The van der Waals surface area contributed by atoms with Crippen molar-refractivity contribution in [2.75, 3.05) is 18.7 Å². The molecule has 0 saturated heterocycles. The highest BCUT2D eigenvalue weighted by Crippen LogP contribution is 2.42. The van der Waals surface area contributed by atoms with Gasteiger partial charge in [-0.3, -0.25) is 4.79 Å². The zero-order valence-corrected chi connectivity index (χ0v) is 9.82. The van der Waals surface area contributed by atoms with Gasteiger partial charge in [0.15, 0.2) is 0 Å². The second-order valence-electron chi connectivity index (χ2n) is 4.47. The van der Waals surface area contributed by atoms with Crippen molar-refractivity contribution in [3.63, 3.8) is 0 Å². The molecular weight excluding hydrogens is 216 g/mol. The third kappa shape index (κ3) is 2.65. The molecule has 4 heteroatoms. The van der Waals surface area contributed by atoms with Crippen LogP contribution < -0.4 is 11.1 Å². The molecule has 92 valence electrons. The number of nitrogens with two attached hydrogens (primary N) is 1. The van der Waals surface area contributed by atoms with Crippen molar-refractivity contribution in [3.05, 3.63) is 30.3 Å². The van der Waals surface area contributed by atoms with Gasteiger partial charge in [-0.05, 0) is 25.0 Å². The summed E-state index contributed by atoms with van der Waals surface area (Å²) in [6.07, 6.45) is 2.84. The van der Waals surface area contributed by atoms with Crippen molar-refractivity contribution in [1.82, 2.24) is 0 Å². The van der Waals surface area contributed by atoms with Crippen molar-refractivity contribution in [2.24, 2.45) is 11.1 Å². The summed E-state index contributed by atoms with van der Waals surface area (Å²) < 4.78 is 5.22. The number of ether oxygens (including phenoxy) is 1. The van der Waals surface area contributed by atoms with Crippen LogP contribution in [0.1, 0.15) is 19.3 Å². The average molecular weight is 234 g/mol. The van der Waals surface area contributed by atoms with Gasteiger partial charge in [-0.25, -0.2) is 0 Å². The molecule has 1 aromatic carbocycles. The monoisotopic (exact) mass is 234 g/mol. The lowest BCUT2D eigenvalue weighted by Crippen LogP contribution is -2.46. The van der Waals surface area contributed by atoms with Crippen molar-refractivity contribution in [1.29, 1.82) is 0 Å². The van der Waals surface area contributed by atoms with Crippen molar-refractivity contribution >= 4 is 11.6 Å². The zero-order chi connectivity index (χ0) is 12.1. The van der Waals surface area contributed by atoms with E-state index >= 15 is 0 Å². The first-order valence-electron chi connectivity index (χ1n) is 5.91. The lowest BCUT2D eigenvalue weighted by atomic mass is 9.68. The number of amides is 1. The minimum atomic E-state index is -0.366. The fourth-order valence-corrected chi connectivity index (χ4v) is 2.08. The number of anilines is 1. The highest BCUT2D eigenvalue weighted by Gasteiger charge is 2.44. The second kappa shape index (κ2) is 5.29. The molecule has 0 aliphatic heterocycles. The van der Waals surface area contributed by atoms with Crippen LogP contribution in [0.3, 0.4) is 0 Å². The van der Waals surface area contributed by atoms with Crippen LogP contribution in [0.5, 0.6) is 0 Å². The van der Waals surface area contributed by atoms with Gasteiger partial charge in [-0.1, -0.05) is 24.6 Å². The largest absolute Gasteiger partial charge is 0.365 e. The molecule has 1 amide bonds. The molecule has 4 nitrogen and oxygen atoms in total. The summed E-state index contributed by atoms with van der Waals surface area (Å²) in [5.41, 5.74) is 5.78. The van der Waals surface area contributed by atoms with E-state index in [1.54, 1.807) is 0 Å². The van der Waals surface area contributed by atoms with Crippen LogP contribution in [0.15, 0.2) is 30.3 Å². The van der Waals surface area contributed by atoms with Crippen molar-refractivity contribution in [2.45, 2.75) is 19.3 Å². The van der Waals surface area contributed by atoms with Gasteiger partial charge >= 0.3 is 0 Å². The van der Waals surface area contributed by atoms with E-state index in [2.05, 4.69) is 5.32 Å². The van der Waals surface area contributed by atoms with Gasteiger partial charge < -0.3 is 15.8 Å². The van der Waals surface area contributed by atoms with Crippen LogP contribution in [-0.2, 0) is 9.53 Å². The summed E-state index contributed by atoms with van der Waals surface area (Å²) in [6.45, 7) is 0.586. The van der Waals surface area contributed by atoms with Crippen LogP contribution in [0, 0.1) is 5.41 Å². The molecule has 17 heavy (non-hydrogen) atoms. The molecule has 0 aromatic heterocycles. The maximum Gasteiger partial charge on any atom is 0.232 e. The Hall–Kier alpha value is -1.39. The second-order valence-corrected chi connectivity index (χ2v) is 4.47. The van der Waals surface area contributed by atoms with E-state index in [0.717, 1.165) is 24.9 Å². The van der Waals surface area contributed by atoms with Gasteiger partial charge in [0.05, 0.1) is 18.8 Å². The molecule has 1 aliphatic rings. The first-order valence-corrected chi connectivity index (χ1v) is 5.91. The predicted octanol–water partition coefficient (Wildman–Crippen LogP) is 1.73. The van der Waals surface area contributed by atoms with Gasteiger partial charge in [-0.2, -0.15) is 0 Å². The summed E-state index contributed by atoms with van der Waals surface area (Å²) in [5.74, 6) is 0.0448. The van der Waals surface area contributed by atoms with E-state index in [0.29, 0.717) is 6.61 Å². The number of benzene rings is 1. The third-order valence-electron chi connectivity index (χ3n) is 3.32. The molecule has 1 fully saturated rings. The minimum Gasteiger partial charge on any atom is -0.365 e. The van der Waals surface area contributed by atoms with Crippen molar-refractivity contribution in [3.8, 4) is 0 Å². The van der Waals surface area contributed by atoms with Gasteiger partial charge in [0.25, 0.3) is 0 Å². The van der Waals surface area contributed by atoms with E-state index in [1.807, 2.05) is 30.3 Å². The Labute approximate surface area is 101 Å². The highest BCUT2D eigenvalue weighted by molar-refractivity contribution is 5.96. The Balaban J connectivity index is 1.98. The molecule has 1 aromatic rings. The third-order valence-corrected chi connectivity index (χ3v) is 3.32. The Kier molecular flexibility index (Phi) is 3.76. The first kappa shape index (κ1) is 12.1. The Morgan fingerprint density at radius 1 is 1.35 bits per heavy atom. The summed E-state index contributed by atoms with van der Waals surface area (Å²) in [4.78, 5) is 12.2. The minimum absolute atomic E-state index is 0.0448. The number of carbonyl (C=O) groups excluding carboxylic acids is 1. The number of para-hydroxylation sites is 1. The molecule has 0 bridgehead atoms. The molecule has 2 rings (SSSR count). The zero-order valence-electron chi connectivity index (χ0n) is 9.82. The molecule has 0 atom stereocenters. The van der Waals surface area contributed by atoms with Gasteiger partial charge in [0, 0.05) is 5.69 Å². The van der Waals surface area contributed by atoms with Crippen molar-refractivity contribution < 1.29 is 9.53 Å². The number of hydrogen-bond donors (Lipinski definition) is 2. The molecule has 0 unspecified atom stereocenters. The standard InChI is InChI=1S/C13H18N2O2/c14-10-17-9-13(7-4-8-13)12(16)15-11-5-2-1-3-6-11/h1-3,5-6H,4,7-10,14H2,(H,15,16). The van der Waals surface area contributed by atoms with Crippen LogP contribution in [-0.4, -0.2) is 19.2 Å². The number of rotatable bonds is 5. The maximum absolute atomic E-state index is 12.2. The van der Waals surface area contributed by atoms with E-state index in [-0.39, 0.29) is 18.1 Å². The number of hydrogen-bond acceptors (Lipinski definition) is 3. The predicted molar refractivity (Wildman–Crippen MR) is 66.4 cm³/mol. The van der Waals surface area contributed by atoms with Crippen LogP contribution in [0.2, 0.25) is 0 Å². The van der Waals surface area contributed by atoms with E-state index < -0.39 is 0 Å². The van der Waals surface area contributed by atoms with Crippen LogP contribution in [0.4, 0.5) is 5.69 Å². The van der Waals surface area contributed by atoms with Crippen LogP contribution in [0.25, 0.3) is 0 Å². The SMILES string of the molecule is NCOCC1(C(=O)Nc2ccccc2)CCC1. The molecule has 0 heterocycles. The Morgan fingerprint density at radius 3 is 2.59 bits per heavy atom. The van der Waals surface area contributed by atoms with Gasteiger partial charge in [0.1, 0.15) is 0 Å². The molecule has 1 aliphatic carbocycles. The first-order chi connectivity index (χ1) is 8.27. The van der Waals surface area contributed by atoms with E-state index in [9.17, 15) is 4.79 Å². The Bertz CT molecular complexity index is 374. The fraction of sp³-hybridized carbons (Fsp3) is 0.462. The summed E-state index contributed by atoms with van der Waals surface area (Å²) >= 11 is 0. The summed E-state index contributed by atoms with van der Waals surface area (Å²) in [5, 5.41) is 2.93. The number of nitrogens with one attached hydrogen (secondary N) is 1. The van der Waals surface area contributed by atoms with E-state index in [4.69, 9.17) is 10.5 Å². The molecule has 1 saturated carbocycles. The molecule has 3 N–H and O–H groups in total. The molecular formula is C13H18N2O2. The fourth-order valence-electron chi connectivity index (χ4n) is 2.08. The molecule has 0 radical (unpaired) electrons. The topological polar surface area (TPSA) is 64.3 Å². The Morgan fingerprint density at radius 2 is 2.06 bits per heavy atom. The lowest BCUT2D eigenvalue weighted by Gasteiger charge is -2.39. The van der Waals surface area contributed by atoms with E-state index in [1.165, 1.54) is 0 Å². The van der Waals surface area contributed by atoms with Crippen LogP contribution >= 0.6 is 0 Å². The number of carbonyl (C=O) groups is 1. The summed E-state index contributed by atoms with van der Waals surface area (Å²) in [6, 6.07) is 9.49. The normalized spacial score (nSPS) is 17.2. The van der Waals surface area contributed by atoms with Gasteiger partial charge in [0.2, 0.25) is 5.91 Å².